The van der Waals surface area contributed by atoms with E-state index >= 15 is 0 Å². The van der Waals surface area contributed by atoms with Crippen molar-refractivity contribution in [1.29, 1.82) is 0 Å². The summed E-state index contributed by atoms with van der Waals surface area (Å²) in [5.74, 6) is 0.324. The van der Waals surface area contributed by atoms with Gasteiger partial charge >= 0.3 is 0 Å². The number of allylic oxidation sites excluding steroid dienone is 4. The predicted molar refractivity (Wildman–Crippen MR) is 134 cm³/mol. The standard InChI is InChI=1S/C27H30FN5/c1-6-8-21(13-16-33(5)26(7-2)22-9-10-23(28)19(3)17-22)25-12-15-30-27(32-25)31-24-11-14-29-18-20(24)4/h6,8-18,26H,1,7H2,2-5H3,(H,29,30,31,32)/b16-13-,21-8+. The number of rotatable bonds is 9. The molecule has 170 valence electrons. The lowest BCUT2D eigenvalue weighted by Gasteiger charge is -2.26. The molecule has 0 fully saturated rings. The molecule has 1 aromatic carbocycles. The van der Waals surface area contributed by atoms with Gasteiger partial charge in [0.15, 0.2) is 0 Å². The number of hydrogen-bond donors (Lipinski definition) is 1. The Hall–Kier alpha value is -3.80. The van der Waals surface area contributed by atoms with Crippen molar-refractivity contribution in [2.75, 3.05) is 12.4 Å². The van der Waals surface area contributed by atoms with E-state index in [4.69, 9.17) is 0 Å². The molecule has 5 nitrogen and oxygen atoms in total. The van der Waals surface area contributed by atoms with Crippen molar-refractivity contribution in [2.24, 2.45) is 0 Å². The van der Waals surface area contributed by atoms with Crippen LogP contribution in [0.3, 0.4) is 0 Å². The summed E-state index contributed by atoms with van der Waals surface area (Å²) in [4.78, 5) is 15.3. The van der Waals surface area contributed by atoms with Gasteiger partial charge in [-0.1, -0.05) is 37.8 Å². The van der Waals surface area contributed by atoms with Crippen LogP contribution >= 0.6 is 0 Å². The molecular weight excluding hydrogens is 413 g/mol. The molecule has 3 rings (SSSR count). The Morgan fingerprint density at radius 1 is 1.18 bits per heavy atom. The average molecular weight is 444 g/mol. The Kier molecular flexibility index (Phi) is 8.08. The number of aromatic nitrogens is 3. The summed E-state index contributed by atoms with van der Waals surface area (Å²) in [5.41, 5.74) is 5.33. The topological polar surface area (TPSA) is 53.9 Å². The van der Waals surface area contributed by atoms with Gasteiger partial charge < -0.3 is 10.2 Å². The number of nitrogens with one attached hydrogen (secondary N) is 1. The highest BCUT2D eigenvalue weighted by atomic mass is 19.1. The second kappa shape index (κ2) is 11.2. The van der Waals surface area contributed by atoms with E-state index in [0.717, 1.165) is 34.5 Å². The van der Waals surface area contributed by atoms with E-state index < -0.39 is 0 Å². The Morgan fingerprint density at radius 2 is 2.00 bits per heavy atom. The monoisotopic (exact) mass is 443 g/mol. The Balaban J connectivity index is 1.82. The Bertz CT molecular complexity index is 1170. The van der Waals surface area contributed by atoms with Crippen molar-refractivity contribution in [3.63, 3.8) is 0 Å². The summed E-state index contributed by atoms with van der Waals surface area (Å²) in [6, 6.07) is 9.19. The third-order valence-corrected chi connectivity index (χ3v) is 5.45. The molecule has 1 unspecified atom stereocenters. The van der Waals surface area contributed by atoms with Crippen LogP contribution in [-0.2, 0) is 0 Å². The van der Waals surface area contributed by atoms with Crippen LogP contribution in [0.15, 0.2) is 79.9 Å². The first-order valence-corrected chi connectivity index (χ1v) is 10.9. The molecule has 2 aromatic heterocycles. The number of halogens is 1. The van der Waals surface area contributed by atoms with E-state index in [1.807, 2.05) is 56.6 Å². The molecule has 3 aromatic rings. The molecule has 2 heterocycles. The third kappa shape index (κ3) is 6.13. The number of hydrogen-bond acceptors (Lipinski definition) is 5. The largest absolute Gasteiger partial charge is 0.373 e. The van der Waals surface area contributed by atoms with Gasteiger partial charge in [-0.25, -0.2) is 14.4 Å². The summed E-state index contributed by atoms with van der Waals surface area (Å²) in [7, 11) is 2.02. The smallest absolute Gasteiger partial charge is 0.227 e. The first-order chi connectivity index (χ1) is 15.9. The highest BCUT2D eigenvalue weighted by Gasteiger charge is 2.14. The van der Waals surface area contributed by atoms with Crippen LogP contribution in [0.1, 0.15) is 41.8 Å². The molecule has 0 saturated heterocycles. The van der Waals surface area contributed by atoms with E-state index in [2.05, 4.69) is 38.7 Å². The fraction of sp³-hybridized carbons (Fsp3) is 0.222. The minimum atomic E-state index is -0.182. The zero-order valence-electron chi connectivity index (χ0n) is 19.6. The van der Waals surface area contributed by atoms with Gasteiger partial charge in [-0.3, -0.25) is 4.98 Å². The lowest BCUT2D eigenvalue weighted by molar-refractivity contribution is 0.328. The van der Waals surface area contributed by atoms with E-state index in [1.165, 1.54) is 6.07 Å². The van der Waals surface area contributed by atoms with Gasteiger partial charge in [0.25, 0.3) is 0 Å². The van der Waals surface area contributed by atoms with Crippen LogP contribution in [0.5, 0.6) is 0 Å². The van der Waals surface area contributed by atoms with E-state index in [-0.39, 0.29) is 11.9 Å². The number of aryl methyl sites for hydroxylation is 2. The molecule has 6 heteroatoms. The van der Waals surface area contributed by atoms with E-state index in [0.29, 0.717) is 11.5 Å². The lowest BCUT2D eigenvalue weighted by Crippen LogP contribution is -2.18. The van der Waals surface area contributed by atoms with Crippen LogP contribution < -0.4 is 5.32 Å². The molecule has 33 heavy (non-hydrogen) atoms. The van der Waals surface area contributed by atoms with Crippen molar-refractivity contribution >= 4 is 17.2 Å². The zero-order chi connectivity index (χ0) is 23.8. The van der Waals surface area contributed by atoms with Crippen molar-refractivity contribution in [1.82, 2.24) is 19.9 Å². The quantitative estimate of drug-likeness (QED) is 0.381. The Morgan fingerprint density at radius 3 is 2.70 bits per heavy atom. The van der Waals surface area contributed by atoms with Gasteiger partial charge in [0.2, 0.25) is 5.95 Å². The molecule has 0 aliphatic carbocycles. The lowest BCUT2D eigenvalue weighted by atomic mass is 10.0. The van der Waals surface area contributed by atoms with Crippen LogP contribution in [0.2, 0.25) is 0 Å². The van der Waals surface area contributed by atoms with Gasteiger partial charge in [-0.2, -0.15) is 0 Å². The van der Waals surface area contributed by atoms with Crippen LogP contribution in [0.25, 0.3) is 5.57 Å². The molecule has 1 N–H and O–H groups in total. The maximum Gasteiger partial charge on any atom is 0.227 e. The zero-order valence-corrected chi connectivity index (χ0v) is 19.6. The second-order valence-electron chi connectivity index (χ2n) is 7.85. The molecule has 0 bridgehead atoms. The van der Waals surface area contributed by atoms with Crippen LogP contribution in [0.4, 0.5) is 16.0 Å². The van der Waals surface area contributed by atoms with Gasteiger partial charge in [-0.05, 0) is 67.4 Å². The highest BCUT2D eigenvalue weighted by molar-refractivity contribution is 5.73. The number of nitrogens with zero attached hydrogens (tertiary/aromatic N) is 4. The van der Waals surface area contributed by atoms with Crippen LogP contribution in [-0.4, -0.2) is 26.9 Å². The van der Waals surface area contributed by atoms with Crippen molar-refractivity contribution in [3.8, 4) is 0 Å². The summed E-state index contributed by atoms with van der Waals surface area (Å²) in [6.45, 7) is 9.74. The minimum Gasteiger partial charge on any atom is -0.373 e. The summed E-state index contributed by atoms with van der Waals surface area (Å²) >= 11 is 0. The van der Waals surface area contributed by atoms with E-state index in [1.54, 1.807) is 31.6 Å². The molecule has 0 aliphatic rings. The number of anilines is 2. The molecule has 0 spiro atoms. The highest BCUT2D eigenvalue weighted by Crippen LogP contribution is 2.26. The summed E-state index contributed by atoms with van der Waals surface area (Å²) in [6.07, 6.45) is 13.8. The predicted octanol–water partition coefficient (Wildman–Crippen LogP) is 6.54. The minimum absolute atomic E-state index is 0.128. The molecule has 1 atom stereocenters. The molecule has 0 amide bonds. The maximum absolute atomic E-state index is 13.7. The van der Waals surface area contributed by atoms with Crippen LogP contribution in [0, 0.1) is 19.7 Å². The number of pyridine rings is 1. The van der Waals surface area contributed by atoms with Crippen molar-refractivity contribution < 1.29 is 4.39 Å². The number of benzene rings is 1. The summed E-state index contributed by atoms with van der Waals surface area (Å²) < 4.78 is 13.7. The third-order valence-electron chi connectivity index (χ3n) is 5.45. The van der Waals surface area contributed by atoms with Gasteiger partial charge in [0.05, 0.1) is 11.7 Å². The van der Waals surface area contributed by atoms with Gasteiger partial charge in [0.1, 0.15) is 5.82 Å². The average Bonchev–Trinajstić information content (AvgIpc) is 2.81. The first kappa shape index (κ1) is 23.9. The SMILES string of the molecule is C=C/C=C(\C=C/N(C)C(CC)c1ccc(F)c(C)c1)c1ccnc(Nc2ccncc2C)n1. The maximum atomic E-state index is 13.7. The fourth-order valence-electron chi connectivity index (χ4n) is 3.60. The van der Waals surface area contributed by atoms with Gasteiger partial charge in [0, 0.05) is 36.9 Å². The fourth-order valence-corrected chi connectivity index (χ4v) is 3.60. The first-order valence-electron chi connectivity index (χ1n) is 10.9. The van der Waals surface area contributed by atoms with E-state index in [9.17, 15) is 4.39 Å². The van der Waals surface area contributed by atoms with Crippen molar-refractivity contribution in [3.05, 3.63) is 108 Å². The van der Waals surface area contributed by atoms with Crippen molar-refractivity contribution in [2.45, 2.75) is 33.2 Å². The second-order valence-corrected chi connectivity index (χ2v) is 7.85. The van der Waals surface area contributed by atoms with Gasteiger partial charge in [-0.15, -0.1) is 0 Å². The molecule has 0 saturated carbocycles. The molecule has 0 radical (unpaired) electrons. The normalized spacial score (nSPS) is 12.6. The Labute approximate surface area is 195 Å². The molecular formula is C27H30FN5. The summed E-state index contributed by atoms with van der Waals surface area (Å²) in [5, 5.41) is 3.25. The molecule has 0 aliphatic heterocycles.